The molecule has 2 nitrogen and oxygen atoms in total. The smallest absolute Gasteiger partial charge is 0.191 e. The molecule has 0 heterocycles. The Balaban J connectivity index is 4.35. The van der Waals surface area contributed by atoms with Crippen molar-refractivity contribution < 1.29 is 9.22 Å². The largest absolute Gasteiger partial charge is 0.417 e. The molecule has 0 aromatic carbocycles. The lowest BCUT2D eigenvalue weighted by Crippen LogP contribution is -2.42. The molecule has 0 spiro atoms. The Labute approximate surface area is 102 Å². The highest BCUT2D eigenvalue weighted by Gasteiger charge is 2.37. The van der Waals surface area contributed by atoms with Crippen molar-refractivity contribution in [2.24, 2.45) is 11.8 Å². The highest BCUT2D eigenvalue weighted by molar-refractivity contribution is 6.74. The van der Waals surface area contributed by atoms with Crippen LogP contribution in [0.2, 0.25) is 18.1 Å². The first-order valence-electron chi connectivity index (χ1n) is 6.19. The number of carbonyl (C=O) groups excluding carboxylic acids is 1. The van der Waals surface area contributed by atoms with E-state index in [-0.39, 0.29) is 5.04 Å². The summed E-state index contributed by atoms with van der Waals surface area (Å²) in [5.74, 6) is 0.876. The van der Waals surface area contributed by atoms with Crippen molar-refractivity contribution >= 4 is 14.6 Å². The van der Waals surface area contributed by atoms with E-state index in [9.17, 15) is 4.79 Å². The first kappa shape index (κ1) is 15.8. The molecule has 0 bridgehead atoms. The van der Waals surface area contributed by atoms with Crippen LogP contribution in [0.1, 0.15) is 41.0 Å². The summed E-state index contributed by atoms with van der Waals surface area (Å²) >= 11 is 0. The fraction of sp³-hybridized carbons (Fsp3) is 0.923. The Morgan fingerprint density at radius 3 is 2.06 bits per heavy atom. The Morgan fingerprint density at radius 2 is 1.75 bits per heavy atom. The van der Waals surface area contributed by atoms with Gasteiger partial charge in [0.2, 0.25) is 0 Å². The third-order valence-electron chi connectivity index (χ3n) is 3.81. The molecule has 0 aliphatic carbocycles. The van der Waals surface area contributed by atoms with E-state index < -0.39 is 8.32 Å². The lowest BCUT2D eigenvalue weighted by atomic mass is 9.94. The summed E-state index contributed by atoms with van der Waals surface area (Å²) in [6.45, 7) is 16.3. The Bertz CT molecular complexity index is 216. The van der Waals surface area contributed by atoms with E-state index in [1.807, 2.05) is 0 Å². The third-order valence-corrected chi connectivity index (χ3v) is 8.31. The summed E-state index contributed by atoms with van der Waals surface area (Å²) in [5, 5.41) is 0.246. The quantitative estimate of drug-likeness (QED) is 0.524. The van der Waals surface area contributed by atoms with Gasteiger partial charge in [0.05, 0.1) is 0 Å². The minimum Gasteiger partial charge on any atom is -0.417 e. The zero-order chi connectivity index (χ0) is 13.0. The maximum absolute atomic E-state index is 10.6. The number of hydrogen-bond acceptors (Lipinski definition) is 2. The van der Waals surface area contributed by atoms with Crippen molar-refractivity contribution in [3.63, 3.8) is 0 Å². The van der Waals surface area contributed by atoms with Crippen molar-refractivity contribution in [1.82, 2.24) is 0 Å². The summed E-state index contributed by atoms with van der Waals surface area (Å²) in [7, 11) is -1.66. The lowest BCUT2D eigenvalue weighted by Gasteiger charge is -2.37. The van der Waals surface area contributed by atoms with Crippen LogP contribution in [0.15, 0.2) is 0 Å². The van der Waals surface area contributed by atoms with Gasteiger partial charge in [-0.05, 0) is 30.0 Å². The van der Waals surface area contributed by atoms with Gasteiger partial charge in [0.1, 0.15) is 6.29 Å². The molecular formula is C13H28O2Si. The zero-order valence-corrected chi connectivity index (χ0v) is 13.0. The van der Waals surface area contributed by atoms with Crippen LogP contribution in [-0.4, -0.2) is 21.2 Å². The van der Waals surface area contributed by atoms with Crippen molar-refractivity contribution in [3.05, 3.63) is 0 Å². The molecule has 0 aromatic heterocycles. The molecule has 0 N–H and O–H groups in total. The molecule has 1 unspecified atom stereocenters. The average molecular weight is 244 g/mol. The number of rotatable bonds is 6. The number of hydrogen-bond donors (Lipinski definition) is 0. The van der Waals surface area contributed by atoms with Gasteiger partial charge in [0, 0.05) is 13.0 Å². The third kappa shape index (κ3) is 4.79. The molecule has 0 saturated heterocycles. The van der Waals surface area contributed by atoms with Crippen LogP contribution in [0.25, 0.3) is 0 Å². The second-order valence-corrected chi connectivity index (χ2v) is 11.3. The van der Waals surface area contributed by atoms with Crippen LogP contribution in [0.3, 0.4) is 0 Å². The maximum atomic E-state index is 10.6. The minimum absolute atomic E-state index is 0.246. The maximum Gasteiger partial charge on any atom is 0.191 e. The molecule has 0 radical (unpaired) electrons. The van der Waals surface area contributed by atoms with Crippen LogP contribution < -0.4 is 0 Å². The zero-order valence-electron chi connectivity index (χ0n) is 12.0. The fourth-order valence-corrected chi connectivity index (χ4v) is 2.25. The molecule has 0 aromatic rings. The van der Waals surface area contributed by atoms with Crippen molar-refractivity contribution in [2.45, 2.75) is 59.2 Å². The molecule has 0 fully saturated rings. The van der Waals surface area contributed by atoms with Gasteiger partial charge in [-0.3, -0.25) is 0 Å². The second kappa shape index (κ2) is 5.96. The van der Waals surface area contributed by atoms with Crippen LogP contribution in [-0.2, 0) is 9.22 Å². The van der Waals surface area contributed by atoms with Gasteiger partial charge < -0.3 is 9.22 Å². The highest BCUT2D eigenvalue weighted by atomic mass is 28.4. The molecular weight excluding hydrogens is 216 g/mol. The molecule has 0 saturated carbocycles. The van der Waals surface area contributed by atoms with Crippen molar-refractivity contribution in [2.75, 3.05) is 6.61 Å². The molecule has 1 atom stereocenters. The summed E-state index contributed by atoms with van der Waals surface area (Å²) in [6.07, 6.45) is 1.63. The summed E-state index contributed by atoms with van der Waals surface area (Å²) in [4.78, 5) is 10.6. The highest BCUT2D eigenvalue weighted by Crippen LogP contribution is 2.37. The van der Waals surface area contributed by atoms with Crippen LogP contribution in [0.5, 0.6) is 0 Å². The van der Waals surface area contributed by atoms with Gasteiger partial charge >= 0.3 is 0 Å². The predicted octanol–water partition coefficient (Wildman–Crippen LogP) is 3.87. The second-order valence-electron chi connectivity index (χ2n) is 6.48. The van der Waals surface area contributed by atoms with Crippen molar-refractivity contribution in [3.8, 4) is 0 Å². The average Bonchev–Trinajstić information content (AvgIpc) is 2.09. The standard InChI is InChI=1S/C13H28O2Si/c1-11(2)12(8-9-14)10-15-16(6,7)13(3,4)5/h9,11-12H,8,10H2,1-7H3. The Morgan fingerprint density at radius 1 is 1.25 bits per heavy atom. The molecule has 0 aliphatic rings. The van der Waals surface area contributed by atoms with Gasteiger partial charge in [-0.1, -0.05) is 34.6 Å². The van der Waals surface area contributed by atoms with Crippen molar-refractivity contribution in [1.29, 1.82) is 0 Å². The van der Waals surface area contributed by atoms with Gasteiger partial charge in [-0.2, -0.15) is 0 Å². The molecule has 96 valence electrons. The molecule has 0 amide bonds. The predicted molar refractivity (Wildman–Crippen MR) is 72.2 cm³/mol. The SMILES string of the molecule is CC(C)C(CC=O)CO[Si](C)(C)C(C)(C)C. The summed E-state index contributed by atoms with van der Waals surface area (Å²) in [6, 6.07) is 0. The minimum atomic E-state index is -1.66. The molecule has 16 heavy (non-hydrogen) atoms. The summed E-state index contributed by atoms with van der Waals surface area (Å²) in [5.41, 5.74) is 0. The van der Waals surface area contributed by atoms with E-state index in [1.165, 1.54) is 0 Å². The van der Waals surface area contributed by atoms with E-state index in [4.69, 9.17) is 4.43 Å². The summed E-state index contributed by atoms with van der Waals surface area (Å²) < 4.78 is 6.15. The lowest BCUT2D eigenvalue weighted by molar-refractivity contribution is -0.109. The van der Waals surface area contributed by atoms with E-state index in [0.29, 0.717) is 18.3 Å². The Hall–Kier alpha value is -0.153. The van der Waals surface area contributed by atoms with Gasteiger partial charge in [0.25, 0.3) is 0 Å². The number of carbonyl (C=O) groups is 1. The number of aldehydes is 1. The molecule has 0 rings (SSSR count). The normalized spacial score (nSPS) is 15.2. The Kier molecular flexibility index (Phi) is 5.91. The van der Waals surface area contributed by atoms with Gasteiger partial charge in [-0.15, -0.1) is 0 Å². The fourth-order valence-electron chi connectivity index (χ4n) is 1.19. The van der Waals surface area contributed by atoms with E-state index in [0.717, 1.165) is 12.9 Å². The van der Waals surface area contributed by atoms with Gasteiger partial charge in [0.15, 0.2) is 8.32 Å². The van der Waals surface area contributed by atoms with E-state index in [1.54, 1.807) is 0 Å². The van der Waals surface area contributed by atoms with Gasteiger partial charge in [-0.25, -0.2) is 0 Å². The monoisotopic (exact) mass is 244 g/mol. The van der Waals surface area contributed by atoms with E-state index >= 15 is 0 Å². The van der Waals surface area contributed by atoms with Crippen LogP contribution in [0, 0.1) is 11.8 Å². The van der Waals surface area contributed by atoms with Crippen LogP contribution in [0.4, 0.5) is 0 Å². The first-order valence-corrected chi connectivity index (χ1v) is 9.10. The topological polar surface area (TPSA) is 26.3 Å². The van der Waals surface area contributed by atoms with Crippen LogP contribution >= 0.6 is 0 Å². The molecule has 0 aliphatic heterocycles. The van der Waals surface area contributed by atoms with E-state index in [2.05, 4.69) is 47.7 Å². The molecule has 3 heteroatoms. The first-order chi connectivity index (χ1) is 7.12.